The number of phenols is 2. The predicted octanol–water partition coefficient (Wildman–Crippen LogP) is 2.26. The van der Waals surface area contributed by atoms with Gasteiger partial charge in [0.25, 0.3) is 0 Å². The van der Waals surface area contributed by atoms with Crippen LogP contribution in [0.4, 0.5) is 0 Å². The molecule has 4 nitrogen and oxygen atoms in total. The Morgan fingerprint density at radius 2 is 1.10 bits per heavy atom. The fourth-order valence-electron chi connectivity index (χ4n) is 1.63. The van der Waals surface area contributed by atoms with Crippen LogP contribution in [0, 0.1) is 0 Å². The molecule has 0 aliphatic carbocycles. The molecule has 0 saturated heterocycles. The lowest BCUT2D eigenvalue weighted by molar-refractivity contribution is 0.474. The molecule has 0 aromatic heterocycles. The van der Waals surface area contributed by atoms with Crippen molar-refractivity contribution in [2.24, 2.45) is 9.98 Å². The summed E-state index contributed by atoms with van der Waals surface area (Å²) in [6.07, 6.45) is 3.26. The van der Waals surface area contributed by atoms with Crippen LogP contribution in [0.15, 0.2) is 58.5 Å². The minimum atomic E-state index is 0. The van der Waals surface area contributed by atoms with Gasteiger partial charge in [-0.1, -0.05) is 24.3 Å². The Morgan fingerprint density at radius 3 is 1.48 bits per heavy atom. The van der Waals surface area contributed by atoms with Gasteiger partial charge in [0.1, 0.15) is 11.5 Å². The zero-order valence-corrected chi connectivity index (χ0v) is 12.5. The Bertz CT molecular complexity index is 572. The maximum atomic E-state index is 9.54. The number of aliphatic imine (C=N–C) groups is 2. The average Bonchev–Trinajstić information content (AvgIpc) is 2.46. The molecule has 0 aliphatic rings. The standard InChI is InChI=1S/C16H16N2O2.Si/c19-15-7-3-1-5-13(15)11-17-9-10-18-12-14-6-2-4-8-16(14)20;/h1-8,11-12,19-20H,9-10H2;. The molecule has 0 amide bonds. The zero-order valence-electron chi connectivity index (χ0n) is 11.5. The molecular formula is C16H16N2O2Si. The number of phenolic OH excluding ortho intramolecular Hbond substituents is 2. The molecule has 5 heteroatoms. The molecule has 2 rings (SSSR count). The third kappa shape index (κ3) is 5.23. The highest BCUT2D eigenvalue weighted by molar-refractivity contribution is 5.84. The van der Waals surface area contributed by atoms with E-state index in [-0.39, 0.29) is 22.5 Å². The fraction of sp³-hybridized carbons (Fsp3) is 0.125. The molecule has 21 heavy (non-hydrogen) atoms. The van der Waals surface area contributed by atoms with E-state index in [0.717, 1.165) is 0 Å². The van der Waals surface area contributed by atoms with Gasteiger partial charge in [-0.05, 0) is 24.3 Å². The largest absolute Gasteiger partial charge is 0.507 e. The normalized spacial score (nSPS) is 10.9. The van der Waals surface area contributed by atoms with Crippen LogP contribution in [0.5, 0.6) is 11.5 Å². The molecule has 2 N–H and O–H groups in total. The monoisotopic (exact) mass is 296 g/mol. The van der Waals surface area contributed by atoms with Crippen molar-refractivity contribution in [2.75, 3.05) is 13.1 Å². The summed E-state index contributed by atoms with van der Waals surface area (Å²) >= 11 is 0. The van der Waals surface area contributed by atoms with E-state index in [9.17, 15) is 10.2 Å². The van der Waals surface area contributed by atoms with Gasteiger partial charge >= 0.3 is 0 Å². The van der Waals surface area contributed by atoms with Gasteiger partial charge in [-0.15, -0.1) is 0 Å². The third-order valence-corrected chi connectivity index (χ3v) is 2.69. The molecule has 0 heterocycles. The van der Waals surface area contributed by atoms with E-state index in [4.69, 9.17) is 0 Å². The summed E-state index contributed by atoms with van der Waals surface area (Å²) in [6, 6.07) is 14.1. The van der Waals surface area contributed by atoms with Crippen molar-refractivity contribution < 1.29 is 10.2 Å². The topological polar surface area (TPSA) is 65.2 Å². The SMILES string of the molecule is Oc1ccccc1C=NCCN=Cc1ccccc1O.[Si]. The van der Waals surface area contributed by atoms with Crippen molar-refractivity contribution in [2.45, 2.75) is 0 Å². The predicted molar refractivity (Wildman–Crippen MR) is 86.9 cm³/mol. The van der Waals surface area contributed by atoms with Gasteiger partial charge in [0, 0.05) is 34.5 Å². The number of hydrogen-bond acceptors (Lipinski definition) is 4. The second kappa shape index (κ2) is 8.71. The van der Waals surface area contributed by atoms with E-state index in [0.29, 0.717) is 24.2 Å². The molecule has 0 bridgehead atoms. The van der Waals surface area contributed by atoms with Gasteiger partial charge in [0.15, 0.2) is 0 Å². The molecule has 0 saturated carbocycles. The number of benzene rings is 2. The Kier molecular flexibility index (Phi) is 6.90. The van der Waals surface area contributed by atoms with E-state index >= 15 is 0 Å². The Hall–Kier alpha value is -2.40. The molecule has 0 aliphatic heterocycles. The first-order valence-corrected chi connectivity index (χ1v) is 6.33. The van der Waals surface area contributed by atoms with Crippen LogP contribution in [0.1, 0.15) is 11.1 Å². The van der Waals surface area contributed by atoms with Crippen LogP contribution < -0.4 is 0 Å². The lowest BCUT2D eigenvalue weighted by Crippen LogP contribution is -1.91. The first kappa shape index (κ1) is 16.7. The zero-order chi connectivity index (χ0) is 14.2. The van der Waals surface area contributed by atoms with E-state index in [1.54, 1.807) is 48.8 Å². The van der Waals surface area contributed by atoms with Gasteiger partial charge in [-0.2, -0.15) is 0 Å². The Morgan fingerprint density at radius 1 is 0.714 bits per heavy atom. The number of aromatic hydroxyl groups is 2. The van der Waals surface area contributed by atoms with Crippen LogP contribution in [0.2, 0.25) is 0 Å². The molecule has 106 valence electrons. The summed E-state index contributed by atoms with van der Waals surface area (Å²) in [7, 11) is 0. The maximum Gasteiger partial charge on any atom is 0.124 e. The highest BCUT2D eigenvalue weighted by atomic mass is 28.1. The summed E-state index contributed by atoms with van der Waals surface area (Å²) in [5.41, 5.74) is 1.38. The van der Waals surface area contributed by atoms with E-state index in [1.165, 1.54) is 0 Å². The Labute approximate surface area is 128 Å². The number of hydrogen-bond donors (Lipinski definition) is 2. The van der Waals surface area contributed by atoms with Crippen molar-refractivity contribution >= 4 is 23.4 Å². The van der Waals surface area contributed by atoms with Gasteiger partial charge in [0.2, 0.25) is 0 Å². The number of rotatable bonds is 5. The average molecular weight is 296 g/mol. The molecule has 0 fully saturated rings. The quantitative estimate of drug-likeness (QED) is 0.505. The smallest absolute Gasteiger partial charge is 0.124 e. The van der Waals surface area contributed by atoms with Gasteiger partial charge in [0.05, 0.1) is 13.1 Å². The fourth-order valence-corrected chi connectivity index (χ4v) is 1.63. The summed E-state index contributed by atoms with van der Waals surface area (Å²) in [5.74, 6) is 0.433. The molecule has 0 unspecified atom stereocenters. The van der Waals surface area contributed by atoms with Crippen molar-refractivity contribution in [1.29, 1.82) is 0 Å². The molecule has 2 aromatic carbocycles. The molecule has 0 atom stereocenters. The first-order chi connectivity index (χ1) is 9.77. The summed E-state index contributed by atoms with van der Waals surface area (Å²) in [4.78, 5) is 8.39. The second-order valence-corrected chi connectivity index (χ2v) is 4.19. The summed E-state index contributed by atoms with van der Waals surface area (Å²) in [5, 5.41) is 19.1. The van der Waals surface area contributed by atoms with Crippen LogP contribution >= 0.6 is 0 Å². The van der Waals surface area contributed by atoms with Crippen LogP contribution in [0.3, 0.4) is 0 Å². The minimum absolute atomic E-state index is 0. The van der Waals surface area contributed by atoms with Crippen LogP contribution in [-0.4, -0.2) is 46.7 Å². The first-order valence-electron chi connectivity index (χ1n) is 6.33. The van der Waals surface area contributed by atoms with E-state index in [2.05, 4.69) is 9.98 Å². The van der Waals surface area contributed by atoms with E-state index in [1.807, 2.05) is 12.1 Å². The Balaban J connectivity index is 0.00000220. The highest BCUT2D eigenvalue weighted by Crippen LogP contribution is 2.13. The van der Waals surface area contributed by atoms with Crippen molar-refractivity contribution in [3.8, 4) is 11.5 Å². The summed E-state index contributed by atoms with van der Waals surface area (Å²) < 4.78 is 0. The van der Waals surface area contributed by atoms with Crippen molar-refractivity contribution in [1.82, 2.24) is 0 Å². The lowest BCUT2D eigenvalue weighted by Gasteiger charge is -1.97. The lowest BCUT2D eigenvalue weighted by atomic mass is 10.2. The van der Waals surface area contributed by atoms with Crippen molar-refractivity contribution in [3.63, 3.8) is 0 Å². The van der Waals surface area contributed by atoms with Gasteiger partial charge < -0.3 is 10.2 Å². The number of nitrogens with zero attached hydrogens (tertiary/aromatic N) is 2. The minimum Gasteiger partial charge on any atom is -0.507 e. The second-order valence-electron chi connectivity index (χ2n) is 4.19. The van der Waals surface area contributed by atoms with Crippen LogP contribution in [0.25, 0.3) is 0 Å². The molecule has 0 spiro atoms. The molecular weight excluding hydrogens is 280 g/mol. The van der Waals surface area contributed by atoms with Gasteiger partial charge in [-0.3, -0.25) is 9.98 Å². The maximum absolute atomic E-state index is 9.54. The highest BCUT2D eigenvalue weighted by Gasteiger charge is 1.95. The van der Waals surface area contributed by atoms with E-state index < -0.39 is 0 Å². The summed E-state index contributed by atoms with van der Waals surface area (Å²) in [6.45, 7) is 1.05. The molecule has 2 aromatic rings. The third-order valence-electron chi connectivity index (χ3n) is 2.69. The molecule has 4 radical (unpaired) electrons. The van der Waals surface area contributed by atoms with Crippen LogP contribution in [-0.2, 0) is 0 Å². The number of para-hydroxylation sites is 2. The van der Waals surface area contributed by atoms with Gasteiger partial charge in [-0.25, -0.2) is 0 Å². The van der Waals surface area contributed by atoms with Crippen molar-refractivity contribution in [3.05, 3.63) is 59.7 Å².